The second-order valence-corrected chi connectivity index (χ2v) is 8.20. The topological polar surface area (TPSA) is 128 Å². The molecule has 33 heavy (non-hydrogen) atoms. The first-order valence-corrected chi connectivity index (χ1v) is 9.96. The number of halogens is 1. The summed E-state index contributed by atoms with van der Waals surface area (Å²) >= 11 is 0. The molecule has 2 aromatic carbocycles. The van der Waals surface area contributed by atoms with E-state index in [1.807, 2.05) is 14.1 Å². The van der Waals surface area contributed by atoms with Crippen LogP contribution in [-0.2, 0) is 22.6 Å². The molecule has 0 saturated carbocycles. The summed E-state index contributed by atoms with van der Waals surface area (Å²) in [6.45, 7) is 7.66. The van der Waals surface area contributed by atoms with Crippen LogP contribution < -0.4 is 23.3 Å². The van der Waals surface area contributed by atoms with Gasteiger partial charge in [-0.25, -0.2) is 10.2 Å². The van der Waals surface area contributed by atoms with Crippen molar-refractivity contribution in [1.82, 2.24) is 10.9 Å². The Labute approximate surface area is 199 Å². The van der Waals surface area contributed by atoms with E-state index in [0.717, 1.165) is 11.6 Å². The molecule has 180 valence electrons. The van der Waals surface area contributed by atoms with Gasteiger partial charge in [-0.15, -0.1) is 0 Å². The smallest absolute Gasteiger partial charge is 0.337 e. The molecule has 0 spiro atoms. The number of esters is 1. The van der Waals surface area contributed by atoms with Crippen LogP contribution in [0.4, 0.5) is 0 Å². The van der Waals surface area contributed by atoms with Crippen molar-refractivity contribution < 1.29 is 46.5 Å². The number of amides is 1. The highest BCUT2D eigenvalue weighted by molar-refractivity contribution is 5.94. The molecule has 10 heteroatoms. The minimum atomic E-state index is -0.512. The van der Waals surface area contributed by atoms with Gasteiger partial charge in [0.1, 0.15) is 12.3 Å². The summed E-state index contributed by atoms with van der Waals surface area (Å²) in [6.07, 6.45) is -0.421. The Morgan fingerprint density at radius 1 is 1.06 bits per heavy atom. The van der Waals surface area contributed by atoms with E-state index in [1.165, 1.54) is 12.1 Å². The number of nitrogens with zero attached hydrogens (tertiary/aromatic N) is 1. The fourth-order valence-corrected chi connectivity index (χ4v) is 2.83. The maximum absolute atomic E-state index is 12.2. The molecule has 0 saturated heterocycles. The van der Waals surface area contributed by atoms with Crippen LogP contribution in [0.2, 0.25) is 0 Å². The van der Waals surface area contributed by atoms with Crippen LogP contribution in [-0.4, -0.2) is 52.0 Å². The average molecular weight is 480 g/mol. The zero-order chi connectivity index (χ0) is 24.1. The SMILES string of the molecule is C=C(C)C(=O)OC(C)[N+](C)(C)Cc1ccc(O)c(CNNC(=O)c2ccc(O)c(O)c2)c1.[Cl-]. The molecule has 2 aromatic rings. The molecule has 1 unspecified atom stereocenters. The molecule has 9 nitrogen and oxygen atoms in total. The number of carbonyl (C=O) groups excluding carboxylic acids is 2. The maximum Gasteiger partial charge on any atom is 0.337 e. The summed E-state index contributed by atoms with van der Waals surface area (Å²) in [4.78, 5) is 24.0. The van der Waals surface area contributed by atoms with Crippen LogP contribution in [0.25, 0.3) is 0 Å². The van der Waals surface area contributed by atoms with Crippen LogP contribution in [0.5, 0.6) is 17.2 Å². The Morgan fingerprint density at radius 3 is 2.30 bits per heavy atom. The lowest BCUT2D eigenvalue weighted by atomic mass is 10.1. The van der Waals surface area contributed by atoms with Gasteiger partial charge in [0.25, 0.3) is 5.91 Å². The minimum Gasteiger partial charge on any atom is -1.00 e. The van der Waals surface area contributed by atoms with Crippen molar-refractivity contribution in [3.8, 4) is 17.2 Å². The molecule has 5 N–H and O–H groups in total. The number of hydrazine groups is 1. The molecule has 0 aliphatic heterocycles. The van der Waals surface area contributed by atoms with Gasteiger partial charge in [0.2, 0.25) is 6.23 Å². The fourth-order valence-electron chi connectivity index (χ4n) is 2.83. The summed E-state index contributed by atoms with van der Waals surface area (Å²) in [5.41, 5.74) is 7.16. The predicted molar refractivity (Wildman–Crippen MR) is 118 cm³/mol. The van der Waals surface area contributed by atoms with Crippen LogP contribution >= 0.6 is 0 Å². The number of nitrogens with one attached hydrogen (secondary N) is 2. The van der Waals surface area contributed by atoms with Crippen molar-refractivity contribution >= 4 is 11.9 Å². The molecule has 2 rings (SSSR count). The molecule has 0 aliphatic carbocycles. The van der Waals surface area contributed by atoms with E-state index < -0.39 is 23.9 Å². The van der Waals surface area contributed by atoms with Crippen LogP contribution in [0.15, 0.2) is 48.6 Å². The number of hydrogen-bond acceptors (Lipinski definition) is 7. The van der Waals surface area contributed by atoms with Crippen LogP contribution in [0.3, 0.4) is 0 Å². The number of phenols is 3. The molecule has 0 aliphatic rings. The van der Waals surface area contributed by atoms with E-state index in [1.54, 1.807) is 32.0 Å². The van der Waals surface area contributed by atoms with Crippen molar-refractivity contribution in [3.05, 3.63) is 65.2 Å². The van der Waals surface area contributed by atoms with E-state index in [9.17, 15) is 24.9 Å². The van der Waals surface area contributed by atoms with E-state index in [2.05, 4.69) is 17.4 Å². The first kappa shape index (κ1) is 27.8. The van der Waals surface area contributed by atoms with Gasteiger partial charge in [-0.05, 0) is 43.3 Å². The monoisotopic (exact) mass is 479 g/mol. The zero-order valence-corrected chi connectivity index (χ0v) is 19.8. The molecule has 1 atom stereocenters. The lowest BCUT2D eigenvalue weighted by molar-refractivity contribution is -0.945. The number of rotatable bonds is 9. The second kappa shape index (κ2) is 11.6. The Hall–Kier alpha value is -3.27. The molecular formula is C23H30ClN3O6. The third kappa shape index (κ3) is 7.67. The predicted octanol–water partition coefficient (Wildman–Crippen LogP) is -0.716. The summed E-state index contributed by atoms with van der Waals surface area (Å²) in [5, 5.41) is 29.0. The first-order chi connectivity index (χ1) is 14.9. The third-order valence-electron chi connectivity index (χ3n) is 5.06. The fraction of sp³-hybridized carbons (Fsp3) is 0.304. The highest BCUT2D eigenvalue weighted by Crippen LogP contribution is 2.25. The average Bonchev–Trinajstić information content (AvgIpc) is 2.71. The van der Waals surface area contributed by atoms with Crippen LogP contribution in [0, 0.1) is 0 Å². The quantitative estimate of drug-likeness (QED) is 0.0802. The molecule has 0 bridgehead atoms. The summed E-state index contributed by atoms with van der Waals surface area (Å²) in [5.74, 6) is -1.61. The molecule has 1 amide bonds. The van der Waals surface area contributed by atoms with Crippen molar-refractivity contribution in [2.45, 2.75) is 33.2 Å². The van der Waals surface area contributed by atoms with E-state index in [0.29, 0.717) is 22.2 Å². The number of carbonyl (C=O) groups is 2. The van der Waals surface area contributed by atoms with Gasteiger partial charge in [-0.2, -0.15) is 0 Å². The van der Waals surface area contributed by atoms with E-state index in [4.69, 9.17) is 4.74 Å². The summed E-state index contributed by atoms with van der Waals surface area (Å²) in [6, 6.07) is 8.88. The largest absolute Gasteiger partial charge is 1.00 e. The lowest BCUT2D eigenvalue weighted by Gasteiger charge is -2.35. The Balaban J connectivity index is 0.00000544. The van der Waals surface area contributed by atoms with E-state index in [-0.39, 0.29) is 36.0 Å². The van der Waals surface area contributed by atoms with E-state index >= 15 is 0 Å². The summed E-state index contributed by atoms with van der Waals surface area (Å²) in [7, 11) is 3.85. The Morgan fingerprint density at radius 2 is 1.70 bits per heavy atom. The number of aromatic hydroxyl groups is 3. The number of hydrogen-bond donors (Lipinski definition) is 5. The van der Waals surface area contributed by atoms with Gasteiger partial charge in [0, 0.05) is 35.7 Å². The standard InChI is InChI=1S/C23H29N3O6.ClH/c1-14(2)23(31)32-15(3)26(4,5)13-16-6-8-19(27)18(10-16)12-24-25-22(30)17-7-9-20(28)21(29)11-17;/h6-11,15,24H,1,12-13H2,2-5H3,(H3-,25,27,28,29,30);1H. The third-order valence-corrected chi connectivity index (χ3v) is 5.06. The molecule has 0 radical (unpaired) electrons. The highest BCUT2D eigenvalue weighted by Gasteiger charge is 2.28. The zero-order valence-electron chi connectivity index (χ0n) is 19.1. The van der Waals surface area contributed by atoms with Gasteiger partial charge < -0.3 is 32.5 Å². The number of phenolic OH excluding ortho intramolecular Hbond substituents is 3. The van der Waals surface area contributed by atoms with Crippen LogP contribution in [0.1, 0.15) is 35.3 Å². The Bertz CT molecular complexity index is 1030. The van der Waals surface area contributed by atoms with Gasteiger partial charge in [0.15, 0.2) is 11.5 Å². The molecule has 0 aromatic heterocycles. The lowest BCUT2D eigenvalue weighted by Crippen LogP contribution is -3.00. The van der Waals surface area contributed by atoms with Crippen molar-refractivity contribution in [1.29, 1.82) is 0 Å². The Kier molecular flexibility index (Phi) is 9.72. The van der Waals surface area contributed by atoms with Gasteiger partial charge in [0.05, 0.1) is 14.1 Å². The number of ether oxygens (including phenoxy) is 1. The molecule has 0 heterocycles. The molecule has 0 fully saturated rings. The normalized spacial score (nSPS) is 11.8. The number of benzene rings is 2. The van der Waals surface area contributed by atoms with Gasteiger partial charge in [-0.1, -0.05) is 6.58 Å². The van der Waals surface area contributed by atoms with Crippen molar-refractivity contribution in [2.75, 3.05) is 14.1 Å². The number of quaternary nitrogens is 1. The molecular weight excluding hydrogens is 450 g/mol. The van der Waals surface area contributed by atoms with Gasteiger partial charge in [-0.3, -0.25) is 14.7 Å². The highest BCUT2D eigenvalue weighted by atomic mass is 35.5. The maximum atomic E-state index is 12.2. The van der Waals surface area contributed by atoms with Crippen molar-refractivity contribution in [3.63, 3.8) is 0 Å². The van der Waals surface area contributed by atoms with Crippen molar-refractivity contribution in [2.24, 2.45) is 0 Å². The minimum absolute atomic E-state index is 0. The first-order valence-electron chi connectivity index (χ1n) is 9.96. The second-order valence-electron chi connectivity index (χ2n) is 8.20. The van der Waals surface area contributed by atoms with Gasteiger partial charge >= 0.3 is 5.97 Å². The summed E-state index contributed by atoms with van der Waals surface area (Å²) < 4.78 is 5.80.